The number of para-hydroxylation sites is 1. The minimum atomic E-state index is -3.86. The smallest absolute Gasteiger partial charge is 0.271 e. The van der Waals surface area contributed by atoms with Crippen molar-refractivity contribution in [2.75, 3.05) is 31.5 Å². The predicted octanol–water partition coefficient (Wildman–Crippen LogP) is 3.90. The molecule has 0 spiro atoms. The van der Waals surface area contributed by atoms with E-state index < -0.39 is 16.1 Å². The number of fused-ring (bicyclic) bond motifs is 1. The monoisotopic (exact) mass is 543 g/mol. The summed E-state index contributed by atoms with van der Waals surface area (Å²) in [7, 11) is -1.85. The van der Waals surface area contributed by atoms with Gasteiger partial charge in [0.15, 0.2) is 5.75 Å². The fraction of sp³-hybridized carbons (Fsp3) is 0.370. The second kappa shape index (κ2) is 11.6. The highest BCUT2D eigenvalue weighted by atomic mass is 32.2. The molecule has 0 fully saturated rings. The van der Waals surface area contributed by atoms with Crippen molar-refractivity contribution in [1.82, 2.24) is 9.80 Å². The second-order valence-electron chi connectivity index (χ2n) is 9.52. The van der Waals surface area contributed by atoms with E-state index in [9.17, 15) is 18.3 Å². The van der Waals surface area contributed by atoms with E-state index in [4.69, 9.17) is 4.74 Å². The molecule has 4 rings (SSSR count). The summed E-state index contributed by atoms with van der Waals surface area (Å²) in [5.41, 5.74) is 1.63. The van der Waals surface area contributed by atoms with Gasteiger partial charge in [-0.2, -0.15) is 0 Å². The van der Waals surface area contributed by atoms with Crippen LogP contribution in [0.5, 0.6) is 5.75 Å². The summed E-state index contributed by atoms with van der Waals surface area (Å²) < 4.78 is 35.4. The summed E-state index contributed by atoms with van der Waals surface area (Å²) in [5.74, 6) is -0.199. The van der Waals surface area contributed by atoms with E-state index in [2.05, 4.69) is 21.8 Å². The Morgan fingerprint density at radius 2 is 1.92 bits per heavy atom. The Kier molecular flexibility index (Phi) is 8.53. The highest BCUT2D eigenvalue weighted by Crippen LogP contribution is 2.36. The first-order valence-corrected chi connectivity index (χ1v) is 14.6. The van der Waals surface area contributed by atoms with E-state index in [1.807, 2.05) is 32.2 Å². The molecule has 1 aromatic heterocycles. The van der Waals surface area contributed by atoms with Crippen LogP contribution in [-0.4, -0.2) is 68.1 Å². The number of nitrogens with zero attached hydrogens (tertiary/aromatic N) is 2. The van der Waals surface area contributed by atoms with Gasteiger partial charge < -0.3 is 14.7 Å². The van der Waals surface area contributed by atoms with E-state index >= 15 is 0 Å². The summed E-state index contributed by atoms with van der Waals surface area (Å²) in [4.78, 5) is 17.4. The van der Waals surface area contributed by atoms with Crippen LogP contribution in [0, 0.1) is 5.92 Å². The molecule has 0 bridgehead atoms. The molecule has 198 valence electrons. The molecule has 2 N–H and O–H groups in total. The Morgan fingerprint density at radius 1 is 1.16 bits per heavy atom. The van der Waals surface area contributed by atoms with Gasteiger partial charge in [0.1, 0.15) is 10.3 Å². The molecular weight excluding hydrogens is 510 g/mol. The maximum absolute atomic E-state index is 13.6. The Balaban J connectivity index is 1.70. The number of carbonyl (C=O) groups excluding carboxylic acids is 1. The molecule has 0 saturated carbocycles. The van der Waals surface area contributed by atoms with Crippen molar-refractivity contribution in [1.29, 1.82) is 0 Å². The third kappa shape index (κ3) is 6.32. The fourth-order valence-corrected chi connectivity index (χ4v) is 6.48. The van der Waals surface area contributed by atoms with Gasteiger partial charge in [-0.1, -0.05) is 49.4 Å². The Hall–Kier alpha value is -2.92. The number of benzene rings is 2. The van der Waals surface area contributed by atoms with Crippen LogP contribution in [0.1, 0.15) is 29.8 Å². The topological polar surface area (TPSA) is 99.2 Å². The highest BCUT2D eigenvalue weighted by Gasteiger charge is 2.35. The van der Waals surface area contributed by atoms with Gasteiger partial charge in [0.05, 0.1) is 23.9 Å². The number of ether oxygens (including phenoxy) is 1. The number of nitrogens with one attached hydrogen (secondary N) is 1. The van der Waals surface area contributed by atoms with Crippen molar-refractivity contribution >= 4 is 33.0 Å². The van der Waals surface area contributed by atoms with Crippen LogP contribution >= 0.6 is 11.3 Å². The molecular formula is C27H33N3O5S2. The number of sulfonamides is 1. The third-order valence-corrected chi connectivity index (χ3v) is 9.25. The van der Waals surface area contributed by atoms with Crippen molar-refractivity contribution < 1.29 is 23.1 Å². The Bertz CT molecular complexity index is 1300. The fourth-order valence-electron chi connectivity index (χ4n) is 4.42. The maximum Gasteiger partial charge on any atom is 0.271 e. The number of likely N-dealkylation sites (N-methyl/N-ethyl adjacent to an activating group) is 1. The van der Waals surface area contributed by atoms with E-state index in [1.165, 1.54) is 11.6 Å². The molecule has 0 radical (unpaired) electrons. The molecule has 10 heteroatoms. The number of carbonyl (C=O) groups is 1. The quantitative estimate of drug-likeness (QED) is 0.425. The molecule has 2 heterocycles. The van der Waals surface area contributed by atoms with Crippen LogP contribution < -0.4 is 9.46 Å². The van der Waals surface area contributed by atoms with Crippen molar-refractivity contribution in [2.45, 2.75) is 36.7 Å². The first-order chi connectivity index (χ1) is 17.7. The van der Waals surface area contributed by atoms with Gasteiger partial charge >= 0.3 is 0 Å². The number of thiophene rings is 1. The van der Waals surface area contributed by atoms with Crippen LogP contribution in [0.25, 0.3) is 0 Å². The minimum absolute atomic E-state index is 0.0914. The molecule has 37 heavy (non-hydrogen) atoms. The van der Waals surface area contributed by atoms with E-state index in [0.717, 1.165) is 11.3 Å². The third-order valence-electron chi connectivity index (χ3n) is 6.48. The van der Waals surface area contributed by atoms with Gasteiger partial charge in [-0.25, -0.2) is 8.42 Å². The van der Waals surface area contributed by atoms with Gasteiger partial charge in [0.2, 0.25) is 0 Å². The number of hydrogen-bond acceptors (Lipinski definition) is 7. The van der Waals surface area contributed by atoms with Crippen molar-refractivity contribution in [2.24, 2.45) is 5.92 Å². The predicted molar refractivity (Wildman–Crippen MR) is 146 cm³/mol. The zero-order valence-corrected chi connectivity index (χ0v) is 22.8. The molecule has 2 aromatic carbocycles. The van der Waals surface area contributed by atoms with Gasteiger partial charge in [0.25, 0.3) is 15.9 Å². The number of anilines is 1. The van der Waals surface area contributed by atoms with Crippen molar-refractivity contribution in [3.63, 3.8) is 0 Å². The number of aliphatic hydroxyl groups excluding tert-OH is 1. The molecule has 1 amide bonds. The summed E-state index contributed by atoms with van der Waals surface area (Å²) in [6, 6.07) is 17.8. The molecule has 0 aliphatic carbocycles. The lowest BCUT2D eigenvalue weighted by Crippen LogP contribution is -2.49. The standard InChI is InChI=1S/C27H33N3O5S2/c1-19-15-30(20(2)18-31)27(32)22-11-7-12-23(28-37(33,34)25-13-8-14-36-25)26(22)35-24(19)17-29(3)16-21-9-5-4-6-10-21/h4-14,19-20,24,28,31H,15-18H2,1-3H3/t19-,20+,24-/m0/s1. The van der Waals surface area contributed by atoms with Crippen molar-refractivity contribution in [3.8, 4) is 5.75 Å². The normalized spacial score (nSPS) is 19.1. The number of hydrogen-bond donors (Lipinski definition) is 2. The Labute approximate surface area is 222 Å². The lowest BCUT2D eigenvalue weighted by atomic mass is 9.99. The second-order valence-corrected chi connectivity index (χ2v) is 12.4. The first-order valence-electron chi connectivity index (χ1n) is 12.2. The summed E-state index contributed by atoms with van der Waals surface area (Å²) in [5, 5.41) is 11.6. The maximum atomic E-state index is 13.6. The zero-order chi connectivity index (χ0) is 26.6. The number of rotatable bonds is 9. The first kappa shape index (κ1) is 27.1. The largest absolute Gasteiger partial charge is 0.486 e. The van der Waals surface area contributed by atoms with Gasteiger partial charge in [-0.3, -0.25) is 14.4 Å². The summed E-state index contributed by atoms with van der Waals surface area (Å²) in [6.45, 7) is 5.29. The highest BCUT2D eigenvalue weighted by molar-refractivity contribution is 7.94. The molecule has 0 saturated heterocycles. The molecule has 3 atom stereocenters. The van der Waals surface area contributed by atoms with Crippen LogP contribution in [0.2, 0.25) is 0 Å². The minimum Gasteiger partial charge on any atom is -0.486 e. The molecule has 8 nitrogen and oxygen atoms in total. The average molecular weight is 544 g/mol. The Morgan fingerprint density at radius 3 is 2.59 bits per heavy atom. The van der Waals surface area contributed by atoms with Crippen LogP contribution in [-0.2, 0) is 16.6 Å². The van der Waals surface area contributed by atoms with Crippen molar-refractivity contribution in [3.05, 3.63) is 77.2 Å². The van der Waals surface area contributed by atoms with Gasteiger partial charge in [0, 0.05) is 25.6 Å². The molecule has 0 unspecified atom stereocenters. The average Bonchev–Trinajstić information content (AvgIpc) is 3.43. The lowest BCUT2D eigenvalue weighted by Gasteiger charge is -2.38. The SMILES string of the molecule is C[C@H](CO)N1C[C@H](C)[C@H](CN(C)Cc2ccccc2)Oc2c(NS(=O)(=O)c3cccs3)cccc2C1=O. The van der Waals surface area contributed by atoms with Crippen LogP contribution in [0.15, 0.2) is 70.3 Å². The summed E-state index contributed by atoms with van der Waals surface area (Å²) in [6.07, 6.45) is -0.346. The summed E-state index contributed by atoms with van der Waals surface area (Å²) >= 11 is 1.11. The van der Waals surface area contributed by atoms with Crippen LogP contribution in [0.4, 0.5) is 5.69 Å². The van der Waals surface area contributed by atoms with Gasteiger partial charge in [-0.15, -0.1) is 11.3 Å². The number of aliphatic hydroxyl groups is 1. The molecule has 1 aliphatic heterocycles. The molecule has 3 aromatic rings. The molecule has 1 aliphatic rings. The lowest BCUT2D eigenvalue weighted by molar-refractivity contribution is 0.0344. The zero-order valence-electron chi connectivity index (χ0n) is 21.2. The van der Waals surface area contributed by atoms with Gasteiger partial charge in [-0.05, 0) is 43.1 Å². The van der Waals surface area contributed by atoms with E-state index in [1.54, 1.807) is 41.5 Å². The number of amides is 1. The van der Waals surface area contributed by atoms with E-state index in [-0.39, 0.29) is 45.7 Å². The van der Waals surface area contributed by atoms with Crippen LogP contribution in [0.3, 0.4) is 0 Å². The van der Waals surface area contributed by atoms with E-state index in [0.29, 0.717) is 19.6 Å².